The SMILES string of the molecule is N#Cc1cccc(C=C2C(=O)Nc3ccc(CCCl)cc32)c1. The van der Waals surface area contributed by atoms with E-state index in [0.717, 1.165) is 28.8 Å². The first kappa shape index (κ1) is 14.4. The molecule has 0 atom stereocenters. The molecule has 0 unspecified atom stereocenters. The van der Waals surface area contributed by atoms with E-state index in [1.54, 1.807) is 12.1 Å². The van der Waals surface area contributed by atoms with E-state index in [-0.39, 0.29) is 5.91 Å². The number of halogens is 1. The Hall–Kier alpha value is -2.57. The summed E-state index contributed by atoms with van der Waals surface area (Å²) in [5.41, 5.74) is 4.81. The van der Waals surface area contributed by atoms with E-state index in [4.69, 9.17) is 16.9 Å². The van der Waals surface area contributed by atoms with Crippen molar-refractivity contribution < 1.29 is 4.79 Å². The van der Waals surface area contributed by atoms with Gasteiger partial charge in [-0.15, -0.1) is 11.6 Å². The van der Waals surface area contributed by atoms with E-state index < -0.39 is 0 Å². The molecule has 1 aliphatic heterocycles. The van der Waals surface area contributed by atoms with Crippen molar-refractivity contribution in [1.29, 1.82) is 5.26 Å². The molecule has 0 fully saturated rings. The van der Waals surface area contributed by atoms with Crippen LogP contribution >= 0.6 is 11.6 Å². The molecule has 1 aliphatic rings. The van der Waals surface area contributed by atoms with Crippen LogP contribution in [0.5, 0.6) is 0 Å². The van der Waals surface area contributed by atoms with Gasteiger partial charge in [-0.05, 0) is 47.9 Å². The van der Waals surface area contributed by atoms with Crippen LogP contribution in [0.3, 0.4) is 0 Å². The van der Waals surface area contributed by atoms with Crippen LogP contribution in [0.4, 0.5) is 5.69 Å². The van der Waals surface area contributed by atoms with Crippen LogP contribution in [-0.4, -0.2) is 11.8 Å². The predicted octanol–water partition coefficient (Wildman–Crippen LogP) is 3.83. The summed E-state index contributed by atoms with van der Waals surface area (Å²) in [4.78, 5) is 12.2. The summed E-state index contributed by atoms with van der Waals surface area (Å²) in [5.74, 6) is 0.420. The second kappa shape index (κ2) is 6.05. The minimum absolute atomic E-state index is 0.125. The Bertz CT molecular complexity index is 818. The van der Waals surface area contributed by atoms with Gasteiger partial charge in [-0.3, -0.25) is 4.79 Å². The number of amides is 1. The van der Waals surface area contributed by atoms with Crippen LogP contribution in [0.25, 0.3) is 11.6 Å². The van der Waals surface area contributed by atoms with Gasteiger partial charge in [-0.2, -0.15) is 5.26 Å². The third kappa shape index (κ3) is 2.74. The topological polar surface area (TPSA) is 52.9 Å². The number of nitrogens with zero attached hydrogens (tertiary/aromatic N) is 1. The maximum atomic E-state index is 12.2. The third-order valence-corrected chi connectivity index (χ3v) is 3.77. The van der Waals surface area contributed by atoms with Gasteiger partial charge in [0.1, 0.15) is 0 Å². The van der Waals surface area contributed by atoms with Gasteiger partial charge in [0.05, 0.1) is 11.6 Å². The van der Waals surface area contributed by atoms with Crippen LogP contribution < -0.4 is 5.32 Å². The Morgan fingerprint density at radius 1 is 1.23 bits per heavy atom. The number of nitriles is 1. The van der Waals surface area contributed by atoms with Crippen molar-refractivity contribution in [2.24, 2.45) is 0 Å². The largest absolute Gasteiger partial charge is 0.321 e. The summed E-state index contributed by atoms with van der Waals surface area (Å²) >= 11 is 5.79. The molecule has 0 saturated carbocycles. The predicted molar refractivity (Wildman–Crippen MR) is 88.5 cm³/mol. The number of carbonyl (C=O) groups excluding carboxylic acids is 1. The molecule has 0 aliphatic carbocycles. The number of carbonyl (C=O) groups is 1. The van der Waals surface area contributed by atoms with Crippen molar-refractivity contribution in [3.63, 3.8) is 0 Å². The third-order valence-electron chi connectivity index (χ3n) is 3.58. The molecule has 3 nitrogen and oxygen atoms in total. The summed E-state index contributed by atoms with van der Waals surface area (Å²) in [5, 5.41) is 11.8. The minimum Gasteiger partial charge on any atom is -0.321 e. The monoisotopic (exact) mass is 308 g/mol. The fourth-order valence-corrected chi connectivity index (χ4v) is 2.73. The fraction of sp³-hybridized carbons (Fsp3) is 0.111. The van der Waals surface area contributed by atoms with Gasteiger partial charge in [-0.25, -0.2) is 0 Å². The summed E-state index contributed by atoms with van der Waals surface area (Å²) in [7, 11) is 0. The van der Waals surface area contributed by atoms with Crippen molar-refractivity contribution in [2.75, 3.05) is 11.2 Å². The van der Waals surface area contributed by atoms with Crippen LogP contribution in [0.1, 0.15) is 22.3 Å². The number of fused-ring (bicyclic) bond motifs is 1. The minimum atomic E-state index is -0.125. The van der Waals surface area contributed by atoms with E-state index in [2.05, 4.69) is 11.4 Å². The molecule has 0 saturated heterocycles. The van der Waals surface area contributed by atoms with Gasteiger partial charge < -0.3 is 5.32 Å². The molecular formula is C18H13ClN2O. The van der Waals surface area contributed by atoms with E-state index in [1.165, 1.54) is 0 Å². The number of benzene rings is 2. The number of rotatable bonds is 3. The van der Waals surface area contributed by atoms with E-state index >= 15 is 0 Å². The van der Waals surface area contributed by atoms with Crippen LogP contribution in [0.15, 0.2) is 42.5 Å². The zero-order valence-corrected chi connectivity index (χ0v) is 12.5. The highest BCUT2D eigenvalue weighted by Gasteiger charge is 2.24. The van der Waals surface area contributed by atoms with Crippen molar-refractivity contribution in [1.82, 2.24) is 0 Å². The van der Waals surface area contributed by atoms with E-state index in [1.807, 2.05) is 36.4 Å². The number of nitrogens with one attached hydrogen (secondary N) is 1. The Morgan fingerprint density at radius 2 is 2.09 bits per heavy atom. The van der Waals surface area contributed by atoms with Crippen LogP contribution in [-0.2, 0) is 11.2 Å². The Balaban J connectivity index is 2.05. The van der Waals surface area contributed by atoms with Gasteiger partial charge >= 0.3 is 0 Å². The van der Waals surface area contributed by atoms with Gasteiger partial charge in [0.15, 0.2) is 0 Å². The Kier molecular flexibility index (Phi) is 3.95. The summed E-state index contributed by atoms with van der Waals surface area (Å²) < 4.78 is 0. The lowest BCUT2D eigenvalue weighted by Gasteiger charge is -2.03. The smallest absolute Gasteiger partial charge is 0.256 e. The van der Waals surface area contributed by atoms with Gasteiger partial charge in [0.2, 0.25) is 0 Å². The summed E-state index contributed by atoms with van der Waals surface area (Å²) in [6, 6.07) is 15.2. The zero-order valence-electron chi connectivity index (χ0n) is 11.8. The van der Waals surface area contributed by atoms with E-state index in [0.29, 0.717) is 17.0 Å². The average Bonchev–Trinajstić information content (AvgIpc) is 2.84. The fourth-order valence-electron chi connectivity index (χ4n) is 2.51. The van der Waals surface area contributed by atoms with Gasteiger partial charge in [0.25, 0.3) is 5.91 Å². The Morgan fingerprint density at radius 3 is 2.86 bits per heavy atom. The molecule has 1 heterocycles. The molecule has 22 heavy (non-hydrogen) atoms. The highest BCUT2D eigenvalue weighted by molar-refractivity contribution is 6.35. The lowest BCUT2D eigenvalue weighted by atomic mass is 10.0. The summed E-state index contributed by atoms with van der Waals surface area (Å²) in [6.07, 6.45) is 2.58. The maximum Gasteiger partial charge on any atom is 0.256 e. The first-order valence-corrected chi connectivity index (χ1v) is 7.47. The number of anilines is 1. The molecule has 4 heteroatoms. The number of hydrogen-bond donors (Lipinski definition) is 1. The number of aryl methyl sites for hydroxylation is 1. The number of alkyl halides is 1. The first-order chi connectivity index (χ1) is 10.7. The second-order valence-electron chi connectivity index (χ2n) is 5.07. The van der Waals surface area contributed by atoms with Crippen molar-refractivity contribution in [3.05, 3.63) is 64.7 Å². The quantitative estimate of drug-likeness (QED) is 0.692. The van der Waals surface area contributed by atoms with Crippen molar-refractivity contribution >= 4 is 34.8 Å². The second-order valence-corrected chi connectivity index (χ2v) is 5.45. The highest BCUT2D eigenvalue weighted by Crippen LogP contribution is 2.34. The molecule has 0 bridgehead atoms. The first-order valence-electron chi connectivity index (χ1n) is 6.94. The zero-order chi connectivity index (χ0) is 15.5. The Labute approximate surface area is 133 Å². The van der Waals surface area contributed by atoms with Crippen LogP contribution in [0, 0.1) is 11.3 Å². The molecule has 3 rings (SSSR count). The highest BCUT2D eigenvalue weighted by atomic mass is 35.5. The molecule has 0 radical (unpaired) electrons. The van der Waals surface area contributed by atoms with Gasteiger partial charge in [-0.1, -0.05) is 18.2 Å². The lowest BCUT2D eigenvalue weighted by Crippen LogP contribution is -2.03. The lowest BCUT2D eigenvalue weighted by molar-refractivity contribution is -0.110. The molecular weight excluding hydrogens is 296 g/mol. The molecule has 0 spiro atoms. The average molecular weight is 309 g/mol. The molecule has 1 amide bonds. The molecule has 0 aromatic heterocycles. The molecule has 2 aromatic rings. The van der Waals surface area contributed by atoms with Crippen molar-refractivity contribution in [3.8, 4) is 6.07 Å². The van der Waals surface area contributed by atoms with Crippen LogP contribution in [0.2, 0.25) is 0 Å². The normalized spacial score (nSPS) is 14.5. The van der Waals surface area contributed by atoms with Crippen molar-refractivity contribution in [2.45, 2.75) is 6.42 Å². The van der Waals surface area contributed by atoms with E-state index in [9.17, 15) is 4.79 Å². The standard InChI is InChI=1S/C18H13ClN2O/c19-7-6-12-4-5-17-15(9-12)16(18(22)21-17)10-13-2-1-3-14(8-13)11-20/h1-5,8-10H,6-7H2,(H,21,22). The summed E-state index contributed by atoms with van der Waals surface area (Å²) in [6.45, 7) is 0. The van der Waals surface area contributed by atoms with Gasteiger partial charge in [0, 0.05) is 22.7 Å². The molecule has 2 aromatic carbocycles. The number of hydrogen-bond acceptors (Lipinski definition) is 2. The molecule has 108 valence electrons. The maximum absolute atomic E-state index is 12.2. The molecule has 1 N–H and O–H groups in total.